The van der Waals surface area contributed by atoms with Gasteiger partial charge in [-0.2, -0.15) is 0 Å². The van der Waals surface area contributed by atoms with Gasteiger partial charge in [0.15, 0.2) is 0 Å². The molecule has 1 rings (SSSR count). The van der Waals surface area contributed by atoms with E-state index in [9.17, 15) is 4.79 Å². The smallest absolute Gasteiger partial charge is 0.227 e. The molecule has 0 N–H and O–H groups in total. The van der Waals surface area contributed by atoms with E-state index >= 15 is 0 Å². The maximum absolute atomic E-state index is 12.3. The summed E-state index contributed by atoms with van der Waals surface area (Å²) >= 11 is 0. The first-order valence-electron chi connectivity index (χ1n) is 7.02. The summed E-state index contributed by atoms with van der Waals surface area (Å²) in [4.78, 5) is 14.3. The average molecular weight is 247 g/mol. The van der Waals surface area contributed by atoms with Gasteiger partial charge in [0.05, 0.1) is 0 Å². The van der Waals surface area contributed by atoms with Crippen molar-refractivity contribution in [3.05, 3.63) is 29.8 Å². The highest BCUT2D eigenvalue weighted by Gasteiger charge is 2.21. The average Bonchev–Trinajstić information content (AvgIpc) is 2.35. The Hall–Kier alpha value is -1.31. The molecule has 2 heteroatoms. The fourth-order valence-corrected chi connectivity index (χ4v) is 2.32. The van der Waals surface area contributed by atoms with Crippen LogP contribution in [-0.2, 0) is 4.79 Å². The highest BCUT2D eigenvalue weighted by atomic mass is 16.2. The van der Waals surface area contributed by atoms with Crippen LogP contribution in [0.3, 0.4) is 0 Å². The van der Waals surface area contributed by atoms with Crippen LogP contribution in [0.2, 0.25) is 0 Å². The molecule has 0 saturated carbocycles. The lowest BCUT2D eigenvalue weighted by Gasteiger charge is -2.31. The number of anilines is 1. The van der Waals surface area contributed by atoms with Crippen molar-refractivity contribution in [2.45, 2.75) is 59.4 Å². The lowest BCUT2D eigenvalue weighted by atomic mass is 10.1. The minimum Gasteiger partial charge on any atom is -0.309 e. The van der Waals surface area contributed by atoms with Gasteiger partial charge in [-0.1, -0.05) is 32.9 Å². The van der Waals surface area contributed by atoms with E-state index in [1.165, 1.54) is 5.56 Å². The maximum Gasteiger partial charge on any atom is 0.227 e. The molecule has 0 bridgehead atoms. The second-order valence-corrected chi connectivity index (χ2v) is 4.82. The summed E-state index contributed by atoms with van der Waals surface area (Å²) in [6.45, 7) is 8.42. The van der Waals surface area contributed by atoms with Gasteiger partial charge in [-0.25, -0.2) is 0 Å². The Morgan fingerprint density at radius 2 is 1.89 bits per heavy atom. The number of aryl methyl sites for hydroxylation is 1. The first kappa shape index (κ1) is 14.7. The molecule has 1 amide bonds. The molecule has 0 aliphatic carbocycles. The van der Waals surface area contributed by atoms with Crippen LogP contribution >= 0.6 is 0 Å². The number of hydrogen-bond acceptors (Lipinski definition) is 1. The Kier molecular flexibility index (Phi) is 5.90. The number of hydrogen-bond donors (Lipinski definition) is 0. The molecular formula is C16H25NO. The first-order valence-corrected chi connectivity index (χ1v) is 7.02. The second-order valence-electron chi connectivity index (χ2n) is 4.82. The van der Waals surface area contributed by atoms with Gasteiger partial charge in [-0.3, -0.25) is 4.79 Å². The minimum absolute atomic E-state index is 0.247. The van der Waals surface area contributed by atoms with Gasteiger partial charge in [-0.15, -0.1) is 0 Å². The number of carbonyl (C=O) groups excluding carboxylic acids is 1. The molecule has 2 nitrogen and oxygen atoms in total. The fraction of sp³-hybridized carbons (Fsp3) is 0.562. The summed E-state index contributed by atoms with van der Waals surface area (Å²) in [6, 6.07) is 8.55. The van der Waals surface area contributed by atoms with Crippen molar-refractivity contribution in [1.29, 1.82) is 0 Å². The normalized spacial score (nSPS) is 10.7. The van der Waals surface area contributed by atoms with Gasteiger partial charge in [0.1, 0.15) is 0 Å². The molecule has 0 atom stereocenters. The van der Waals surface area contributed by atoms with Crippen molar-refractivity contribution in [2.24, 2.45) is 0 Å². The summed E-state index contributed by atoms with van der Waals surface area (Å²) in [5, 5.41) is 0. The molecule has 1 aromatic rings. The third-order valence-corrected chi connectivity index (χ3v) is 3.32. The molecule has 0 radical (unpaired) electrons. The molecule has 0 saturated heterocycles. The lowest BCUT2D eigenvalue weighted by Crippen LogP contribution is -2.39. The number of amides is 1. The molecule has 0 aromatic heterocycles. The second kappa shape index (κ2) is 7.20. The monoisotopic (exact) mass is 247 g/mol. The Morgan fingerprint density at radius 1 is 1.22 bits per heavy atom. The van der Waals surface area contributed by atoms with Crippen molar-refractivity contribution >= 4 is 11.6 Å². The van der Waals surface area contributed by atoms with Crippen LogP contribution in [0.1, 0.15) is 52.0 Å². The van der Waals surface area contributed by atoms with Crippen LogP contribution < -0.4 is 4.90 Å². The zero-order chi connectivity index (χ0) is 13.5. The standard InChI is InChI=1S/C16H25NO/c1-5-9-16(18)17(14(6-2)7-3)15-11-8-10-13(4)12-15/h8,10-12,14H,5-7,9H2,1-4H3. The summed E-state index contributed by atoms with van der Waals surface area (Å²) < 4.78 is 0. The largest absolute Gasteiger partial charge is 0.309 e. The van der Waals surface area contributed by atoms with Crippen LogP contribution in [-0.4, -0.2) is 11.9 Å². The third kappa shape index (κ3) is 3.59. The Labute approximate surface area is 111 Å². The Bertz CT molecular complexity index is 382. The van der Waals surface area contributed by atoms with Crippen LogP contribution in [0.25, 0.3) is 0 Å². The van der Waals surface area contributed by atoms with E-state index in [1.54, 1.807) is 0 Å². The maximum atomic E-state index is 12.3. The zero-order valence-corrected chi connectivity index (χ0v) is 12.1. The summed E-state index contributed by atoms with van der Waals surface area (Å²) in [6.07, 6.45) is 3.53. The van der Waals surface area contributed by atoms with Crippen LogP contribution in [0.4, 0.5) is 5.69 Å². The Balaban J connectivity index is 3.07. The highest BCUT2D eigenvalue weighted by molar-refractivity contribution is 5.94. The predicted molar refractivity (Wildman–Crippen MR) is 77.9 cm³/mol. The van der Waals surface area contributed by atoms with Gasteiger partial charge >= 0.3 is 0 Å². The van der Waals surface area contributed by atoms with Crippen LogP contribution in [0.15, 0.2) is 24.3 Å². The van der Waals surface area contributed by atoms with Crippen molar-refractivity contribution < 1.29 is 4.79 Å². The van der Waals surface area contributed by atoms with Crippen molar-refractivity contribution in [2.75, 3.05) is 4.90 Å². The van der Waals surface area contributed by atoms with E-state index in [1.807, 2.05) is 17.0 Å². The quantitative estimate of drug-likeness (QED) is 0.733. The van der Waals surface area contributed by atoms with E-state index in [-0.39, 0.29) is 5.91 Å². The van der Waals surface area contributed by atoms with E-state index in [2.05, 4.69) is 39.8 Å². The number of rotatable bonds is 6. The molecule has 1 aromatic carbocycles. The predicted octanol–water partition coefficient (Wildman–Crippen LogP) is 4.32. The van der Waals surface area contributed by atoms with Gasteiger partial charge < -0.3 is 4.90 Å². The van der Waals surface area contributed by atoms with Crippen molar-refractivity contribution in [3.8, 4) is 0 Å². The molecule has 0 aliphatic rings. The highest BCUT2D eigenvalue weighted by Crippen LogP contribution is 2.23. The molecule has 0 aliphatic heterocycles. The van der Waals surface area contributed by atoms with Gasteiger partial charge in [0, 0.05) is 18.2 Å². The van der Waals surface area contributed by atoms with E-state index < -0.39 is 0 Å². The lowest BCUT2D eigenvalue weighted by molar-refractivity contribution is -0.119. The van der Waals surface area contributed by atoms with Crippen molar-refractivity contribution in [3.63, 3.8) is 0 Å². The summed E-state index contributed by atoms with van der Waals surface area (Å²) in [5.74, 6) is 0.247. The van der Waals surface area contributed by atoms with Crippen molar-refractivity contribution in [1.82, 2.24) is 0 Å². The number of benzene rings is 1. The topological polar surface area (TPSA) is 20.3 Å². The fourth-order valence-electron chi connectivity index (χ4n) is 2.32. The van der Waals surface area contributed by atoms with E-state index in [4.69, 9.17) is 0 Å². The molecule has 0 fully saturated rings. The number of carbonyl (C=O) groups is 1. The summed E-state index contributed by atoms with van der Waals surface area (Å²) in [7, 11) is 0. The SMILES string of the molecule is CCCC(=O)N(c1cccc(C)c1)C(CC)CC. The number of nitrogens with zero attached hydrogens (tertiary/aromatic N) is 1. The van der Waals surface area contributed by atoms with Gasteiger partial charge in [0.25, 0.3) is 0 Å². The molecule has 0 unspecified atom stereocenters. The first-order chi connectivity index (χ1) is 8.63. The molecule has 18 heavy (non-hydrogen) atoms. The summed E-state index contributed by atoms with van der Waals surface area (Å²) in [5.41, 5.74) is 2.25. The van der Waals surface area contributed by atoms with E-state index in [0.717, 1.165) is 24.9 Å². The minimum atomic E-state index is 0.247. The molecule has 0 heterocycles. The van der Waals surface area contributed by atoms with E-state index in [0.29, 0.717) is 12.5 Å². The van der Waals surface area contributed by atoms with Crippen LogP contribution in [0.5, 0.6) is 0 Å². The third-order valence-electron chi connectivity index (χ3n) is 3.32. The molecular weight excluding hydrogens is 222 g/mol. The zero-order valence-electron chi connectivity index (χ0n) is 12.1. The van der Waals surface area contributed by atoms with Gasteiger partial charge in [-0.05, 0) is 43.9 Å². The van der Waals surface area contributed by atoms with Crippen LogP contribution in [0, 0.1) is 6.92 Å². The molecule has 100 valence electrons. The van der Waals surface area contributed by atoms with Gasteiger partial charge in [0.2, 0.25) is 5.91 Å². The Morgan fingerprint density at radius 3 is 2.39 bits per heavy atom. The molecule has 0 spiro atoms.